The molecule has 1 saturated heterocycles. The number of anilines is 1. The van der Waals surface area contributed by atoms with Crippen molar-refractivity contribution in [3.63, 3.8) is 0 Å². The van der Waals surface area contributed by atoms with Crippen molar-refractivity contribution >= 4 is 55.2 Å². The van der Waals surface area contributed by atoms with E-state index in [1.54, 1.807) is 41.6 Å². The van der Waals surface area contributed by atoms with Gasteiger partial charge in [-0.05, 0) is 42.6 Å². The van der Waals surface area contributed by atoms with Crippen LogP contribution < -0.4 is 10.2 Å². The first-order chi connectivity index (χ1) is 17.5. The second-order valence-electron chi connectivity index (χ2n) is 9.14. The molecule has 184 valence electrons. The van der Waals surface area contributed by atoms with Crippen LogP contribution in [0.15, 0.2) is 59.8 Å². The number of aromatic nitrogens is 3. The number of nitrogens with zero attached hydrogens (tertiary/aromatic N) is 3. The fraction of sp³-hybridized carbons (Fsp3) is 0.269. The summed E-state index contributed by atoms with van der Waals surface area (Å²) in [7, 11) is -3.39. The molecule has 0 saturated carbocycles. The van der Waals surface area contributed by atoms with Gasteiger partial charge in [0.05, 0.1) is 34.3 Å². The van der Waals surface area contributed by atoms with E-state index < -0.39 is 15.1 Å². The maximum Gasteiger partial charge on any atom is 0.259 e. The van der Waals surface area contributed by atoms with Crippen LogP contribution in [0.2, 0.25) is 0 Å². The summed E-state index contributed by atoms with van der Waals surface area (Å²) < 4.78 is 26.8. The summed E-state index contributed by atoms with van der Waals surface area (Å²) in [5.41, 5.74) is 6.08. The van der Waals surface area contributed by atoms with Crippen molar-refractivity contribution in [1.82, 2.24) is 20.3 Å². The van der Waals surface area contributed by atoms with Crippen molar-refractivity contribution in [3.05, 3.63) is 71.5 Å². The first-order valence-electron chi connectivity index (χ1n) is 11.8. The number of carbonyl (C=O) groups excluding carboxylic acids is 1. The lowest BCUT2D eigenvalue weighted by atomic mass is 10.0. The lowest BCUT2D eigenvalue weighted by molar-refractivity contribution is 0.0996. The fourth-order valence-corrected chi connectivity index (χ4v) is 7.41. The van der Waals surface area contributed by atoms with Gasteiger partial charge in [-0.1, -0.05) is 52.9 Å². The number of amides is 1. The van der Waals surface area contributed by atoms with Crippen molar-refractivity contribution in [1.29, 1.82) is 0 Å². The van der Waals surface area contributed by atoms with Gasteiger partial charge in [-0.25, -0.2) is 18.4 Å². The maximum atomic E-state index is 13.3. The number of carbonyl (C=O) groups is 1. The van der Waals surface area contributed by atoms with Gasteiger partial charge in [0.1, 0.15) is 5.52 Å². The molecular weight excluding hydrogens is 589 g/mol. The molecule has 1 atom stereocenters. The Morgan fingerprint density at radius 3 is 2.72 bits per heavy atom. The summed E-state index contributed by atoms with van der Waals surface area (Å²) >= 11 is 2.28. The zero-order valence-electron chi connectivity index (χ0n) is 19.4. The van der Waals surface area contributed by atoms with E-state index >= 15 is 0 Å². The minimum absolute atomic E-state index is 0.0304. The molecule has 0 radical (unpaired) electrons. The number of alkyl halides is 1. The number of halogens is 1. The van der Waals surface area contributed by atoms with E-state index in [4.69, 9.17) is 4.98 Å². The third-order valence-corrected chi connectivity index (χ3v) is 10.0. The Hall–Kier alpha value is -2.83. The highest BCUT2D eigenvalue weighted by molar-refractivity contribution is 14.1. The zero-order valence-corrected chi connectivity index (χ0v) is 22.3. The molecule has 10 heteroatoms. The van der Waals surface area contributed by atoms with Gasteiger partial charge >= 0.3 is 0 Å². The fourth-order valence-electron chi connectivity index (χ4n) is 5.06. The molecule has 2 aliphatic rings. The first kappa shape index (κ1) is 23.6. The second-order valence-corrected chi connectivity index (χ2v) is 12.1. The van der Waals surface area contributed by atoms with Gasteiger partial charge in [0, 0.05) is 28.3 Å². The number of hydrogen-bond donors (Lipinski definition) is 2. The Balaban J connectivity index is 1.32. The van der Waals surface area contributed by atoms with Gasteiger partial charge in [-0.15, -0.1) is 0 Å². The van der Waals surface area contributed by atoms with Gasteiger partial charge in [0.25, 0.3) is 5.91 Å². The Bertz CT molecular complexity index is 1580. The number of sulfone groups is 1. The lowest BCUT2D eigenvalue weighted by Gasteiger charge is -2.22. The van der Waals surface area contributed by atoms with Crippen LogP contribution >= 0.6 is 22.6 Å². The maximum absolute atomic E-state index is 13.3. The molecule has 4 heterocycles. The Kier molecular flexibility index (Phi) is 6.05. The number of H-pyrrole nitrogens is 1. The summed E-state index contributed by atoms with van der Waals surface area (Å²) in [6.45, 7) is 1.84. The van der Waals surface area contributed by atoms with Gasteiger partial charge in [-0.2, -0.15) is 0 Å². The standard InChI is InChI=1S/C26H24IN5O3S/c27-11-17-3-1-4-18-15-32(26(33)23(17)18)22-14-30-25-24(22)31-21(13-29-25)16-6-8-19(9-7-16)36(34,35)20-5-2-10-28-12-20/h1,3-4,6-9,13-14,20,28H,2,5,10-12,15H2,(H,29,30). The SMILES string of the molecule is O=C1c2c(CI)cccc2CN1c1c[nH]c2ncc(-c3ccc(S(=O)(=O)C4CCCNC4)cc3)nc12. The Morgan fingerprint density at radius 2 is 1.97 bits per heavy atom. The predicted molar refractivity (Wildman–Crippen MR) is 147 cm³/mol. The largest absolute Gasteiger partial charge is 0.343 e. The number of hydrogen-bond acceptors (Lipinski definition) is 6. The van der Waals surface area contributed by atoms with E-state index in [1.165, 1.54) is 0 Å². The van der Waals surface area contributed by atoms with E-state index in [2.05, 4.69) is 37.9 Å². The van der Waals surface area contributed by atoms with Crippen molar-refractivity contribution < 1.29 is 13.2 Å². The highest BCUT2D eigenvalue weighted by atomic mass is 127. The predicted octanol–water partition coefficient (Wildman–Crippen LogP) is 4.25. The molecule has 0 spiro atoms. The van der Waals surface area contributed by atoms with Crippen LogP contribution in [0.3, 0.4) is 0 Å². The lowest BCUT2D eigenvalue weighted by Crippen LogP contribution is -2.38. The smallest absolute Gasteiger partial charge is 0.259 e. The van der Waals surface area contributed by atoms with Crippen molar-refractivity contribution in [3.8, 4) is 11.3 Å². The molecule has 2 aromatic heterocycles. The zero-order chi connectivity index (χ0) is 24.9. The summed E-state index contributed by atoms with van der Waals surface area (Å²) in [6, 6.07) is 12.8. The highest BCUT2D eigenvalue weighted by Crippen LogP contribution is 2.35. The van der Waals surface area contributed by atoms with Crippen LogP contribution in [-0.4, -0.2) is 47.6 Å². The number of benzene rings is 2. The van der Waals surface area contributed by atoms with E-state index in [1.807, 2.05) is 18.2 Å². The molecule has 4 aromatic rings. The number of aromatic amines is 1. The molecule has 2 aromatic carbocycles. The highest BCUT2D eigenvalue weighted by Gasteiger charge is 2.32. The summed E-state index contributed by atoms with van der Waals surface area (Å²) in [6.07, 6.45) is 4.97. The average Bonchev–Trinajstić information content (AvgIpc) is 3.49. The van der Waals surface area contributed by atoms with Gasteiger partial charge in [0.2, 0.25) is 0 Å². The average molecular weight is 613 g/mol. The van der Waals surface area contributed by atoms with Crippen molar-refractivity contribution in [2.75, 3.05) is 18.0 Å². The first-order valence-corrected chi connectivity index (χ1v) is 14.9. The van der Waals surface area contributed by atoms with Gasteiger partial charge in [-0.3, -0.25) is 4.79 Å². The molecule has 1 unspecified atom stereocenters. The van der Waals surface area contributed by atoms with E-state index in [-0.39, 0.29) is 5.91 Å². The summed E-state index contributed by atoms with van der Waals surface area (Å²) in [5, 5.41) is 2.78. The van der Waals surface area contributed by atoms with E-state index in [0.717, 1.165) is 39.6 Å². The third kappa shape index (κ3) is 3.91. The summed E-state index contributed by atoms with van der Waals surface area (Å²) in [5.74, 6) is -0.0304. The molecule has 36 heavy (non-hydrogen) atoms. The second kappa shape index (κ2) is 9.24. The van der Waals surface area contributed by atoms with Gasteiger partial charge in [0.15, 0.2) is 15.5 Å². The van der Waals surface area contributed by atoms with E-state index in [0.29, 0.717) is 47.0 Å². The quantitative estimate of drug-likeness (QED) is 0.258. The molecule has 2 aliphatic heterocycles. The Morgan fingerprint density at radius 1 is 1.14 bits per heavy atom. The molecule has 8 nitrogen and oxygen atoms in total. The topological polar surface area (TPSA) is 108 Å². The van der Waals surface area contributed by atoms with Crippen LogP contribution in [0.4, 0.5) is 5.69 Å². The molecule has 1 amide bonds. The third-order valence-electron chi connectivity index (χ3n) is 6.99. The summed E-state index contributed by atoms with van der Waals surface area (Å²) in [4.78, 5) is 27.9. The minimum atomic E-state index is -3.39. The molecule has 2 N–H and O–H groups in total. The van der Waals surface area contributed by atoms with Crippen molar-refractivity contribution in [2.24, 2.45) is 0 Å². The normalized spacial score (nSPS) is 18.1. The number of nitrogens with one attached hydrogen (secondary N) is 2. The van der Waals surface area contributed by atoms with Crippen LogP contribution in [-0.2, 0) is 20.8 Å². The van der Waals surface area contributed by atoms with Crippen molar-refractivity contribution in [2.45, 2.75) is 34.0 Å². The molecule has 6 rings (SSSR count). The van der Waals surface area contributed by atoms with Crippen LogP contribution in [0, 0.1) is 0 Å². The monoisotopic (exact) mass is 613 g/mol. The Labute approximate surface area is 222 Å². The molecule has 0 bridgehead atoms. The van der Waals surface area contributed by atoms with Crippen LogP contribution in [0.25, 0.3) is 22.4 Å². The minimum Gasteiger partial charge on any atom is -0.343 e. The van der Waals surface area contributed by atoms with E-state index in [9.17, 15) is 13.2 Å². The number of fused-ring (bicyclic) bond motifs is 2. The molecule has 0 aliphatic carbocycles. The van der Waals surface area contributed by atoms with Crippen LogP contribution in [0.1, 0.15) is 34.3 Å². The number of piperidine rings is 1. The van der Waals surface area contributed by atoms with Gasteiger partial charge < -0.3 is 15.2 Å². The number of rotatable bonds is 5. The molecule has 1 fully saturated rings. The van der Waals surface area contributed by atoms with Crippen LogP contribution in [0.5, 0.6) is 0 Å². The molecular formula is C26H24IN5O3S.